The fourth-order valence-corrected chi connectivity index (χ4v) is 5.34. The molecule has 1 heterocycles. The molecular formula is C22H27ClN2O3S. The molecule has 3 N–H and O–H groups in total. The molecule has 1 aliphatic rings. The van der Waals surface area contributed by atoms with Gasteiger partial charge in [-0.05, 0) is 67.9 Å². The van der Waals surface area contributed by atoms with Crippen LogP contribution in [-0.4, -0.2) is 18.4 Å². The molecule has 2 amide bonds. The van der Waals surface area contributed by atoms with Crippen molar-refractivity contribution in [2.75, 3.05) is 11.9 Å². The van der Waals surface area contributed by atoms with Crippen LogP contribution in [-0.2, 0) is 17.6 Å². The highest BCUT2D eigenvalue weighted by molar-refractivity contribution is 7.17. The van der Waals surface area contributed by atoms with Gasteiger partial charge in [-0.3, -0.25) is 9.59 Å². The summed E-state index contributed by atoms with van der Waals surface area (Å²) >= 11 is 7.45. The van der Waals surface area contributed by atoms with Crippen molar-refractivity contribution in [3.63, 3.8) is 0 Å². The predicted molar refractivity (Wildman–Crippen MR) is 118 cm³/mol. The average molecular weight is 435 g/mol. The van der Waals surface area contributed by atoms with Crippen molar-refractivity contribution < 1.29 is 14.3 Å². The number of amides is 2. The third-order valence-electron chi connectivity index (χ3n) is 5.39. The van der Waals surface area contributed by atoms with E-state index in [0.29, 0.717) is 41.0 Å². The number of ether oxygens (including phenoxy) is 1. The molecule has 1 atom stereocenters. The predicted octanol–water partition coefficient (Wildman–Crippen LogP) is 5.12. The van der Waals surface area contributed by atoms with Crippen molar-refractivity contribution in [3.05, 3.63) is 44.8 Å². The Bertz CT molecular complexity index is 910. The maximum atomic E-state index is 12.4. The van der Waals surface area contributed by atoms with Gasteiger partial charge in [0.25, 0.3) is 5.91 Å². The molecule has 0 bridgehead atoms. The minimum atomic E-state index is -0.464. The van der Waals surface area contributed by atoms with E-state index in [2.05, 4.69) is 12.2 Å². The summed E-state index contributed by atoms with van der Waals surface area (Å²) in [5.74, 6) is 0.810. The molecule has 0 fully saturated rings. The number of fused-ring (bicyclic) bond motifs is 1. The molecule has 1 aliphatic carbocycles. The molecule has 1 aromatic heterocycles. The van der Waals surface area contributed by atoms with Crippen molar-refractivity contribution in [3.8, 4) is 5.75 Å². The van der Waals surface area contributed by atoms with Crippen molar-refractivity contribution in [1.82, 2.24) is 0 Å². The van der Waals surface area contributed by atoms with E-state index in [1.165, 1.54) is 16.2 Å². The largest absolute Gasteiger partial charge is 0.493 e. The van der Waals surface area contributed by atoms with E-state index >= 15 is 0 Å². The van der Waals surface area contributed by atoms with Crippen LogP contribution in [0.4, 0.5) is 5.00 Å². The van der Waals surface area contributed by atoms with Crippen molar-refractivity contribution in [2.45, 2.75) is 52.4 Å². The highest BCUT2D eigenvalue weighted by Gasteiger charge is 2.28. The Kier molecular flexibility index (Phi) is 7.19. The summed E-state index contributed by atoms with van der Waals surface area (Å²) in [5, 5.41) is 4.17. The Morgan fingerprint density at radius 1 is 1.38 bits per heavy atom. The Labute approximate surface area is 180 Å². The Morgan fingerprint density at radius 3 is 2.86 bits per heavy atom. The van der Waals surface area contributed by atoms with E-state index < -0.39 is 5.91 Å². The van der Waals surface area contributed by atoms with Crippen LogP contribution in [0.3, 0.4) is 0 Å². The van der Waals surface area contributed by atoms with E-state index in [-0.39, 0.29) is 5.91 Å². The van der Waals surface area contributed by atoms with Gasteiger partial charge in [0.1, 0.15) is 10.8 Å². The van der Waals surface area contributed by atoms with Gasteiger partial charge in [0.05, 0.1) is 12.2 Å². The summed E-state index contributed by atoms with van der Waals surface area (Å²) in [7, 11) is 0. The zero-order valence-electron chi connectivity index (χ0n) is 16.8. The molecule has 5 nitrogen and oxygen atoms in total. The quantitative estimate of drug-likeness (QED) is 0.565. The van der Waals surface area contributed by atoms with Crippen molar-refractivity contribution >= 4 is 39.8 Å². The number of carbonyl (C=O) groups excluding carboxylic acids is 2. The Morgan fingerprint density at radius 2 is 2.17 bits per heavy atom. The van der Waals surface area contributed by atoms with E-state index in [1.54, 1.807) is 6.07 Å². The number of aryl methyl sites for hydroxylation is 1. The van der Waals surface area contributed by atoms with Crippen LogP contribution in [0, 0.1) is 12.8 Å². The average Bonchev–Trinajstić information content (AvgIpc) is 3.03. The summed E-state index contributed by atoms with van der Waals surface area (Å²) < 4.78 is 5.73. The maximum Gasteiger partial charge on any atom is 0.251 e. The molecule has 2 aromatic rings. The van der Waals surface area contributed by atoms with E-state index in [9.17, 15) is 9.59 Å². The molecule has 29 heavy (non-hydrogen) atoms. The summed E-state index contributed by atoms with van der Waals surface area (Å²) in [4.78, 5) is 25.6. The summed E-state index contributed by atoms with van der Waals surface area (Å²) in [5.41, 5.74) is 8.12. The first-order valence-electron chi connectivity index (χ1n) is 10.0. The highest BCUT2D eigenvalue weighted by atomic mass is 35.5. The topological polar surface area (TPSA) is 81.4 Å². The molecule has 156 valence electrons. The van der Waals surface area contributed by atoms with Crippen molar-refractivity contribution in [1.29, 1.82) is 0 Å². The Balaban J connectivity index is 1.56. The number of thiophene rings is 1. The fraction of sp³-hybridized carbons (Fsp3) is 0.455. The Hall–Kier alpha value is -2.05. The first kappa shape index (κ1) is 21.7. The summed E-state index contributed by atoms with van der Waals surface area (Å²) in [6.45, 7) is 4.55. The smallest absolute Gasteiger partial charge is 0.251 e. The second-order valence-electron chi connectivity index (χ2n) is 7.50. The summed E-state index contributed by atoms with van der Waals surface area (Å²) in [6.07, 6.45) is 4.88. The molecule has 0 aliphatic heterocycles. The second-order valence-corrected chi connectivity index (χ2v) is 9.04. The molecular weight excluding hydrogens is 408 g/mol. The number of nitrogens with two attached hydrogens (primary N) is 1. The molecule has 0 saturated heterocycles. The first-order valence-corrected chi connectivity index (χ1v) is 11.2. The first-order chi connectivity index (χ1) is 13.9. The molecule has 0 spiro atoms. The minimum Gasteiger partial charge on any atom is -0.493 e. The van der Waals surface area contributed by atoms with Crippen LogP contribution in [0.1, 0.15) is 59.0 Å². The number of anilines is 1. The number of carbonyl (C=O) groups is 2. The maximum absolute atomic E-state index is 12.4. The van der Waals surface area contributed by atoms with Crippen LogP contribution in [0.5, 0.6) is 5.75 Å². The van der Waals surface area contributed by atoms with Gasteiger partial charge in [0, 0.05) is 16.3 Å². The molecule has 0 saturated carbocycles. The molecule has 1 unspecified atom stereocenters. The van der Waals surface area contributed by atoms with Gasteiger partial charge in [-0.15, -0.1) is 11.3 Å². The van der Waals surface area contributed by atoms with Gasteiger partial charge in [0.2, 0.25) is 5.91 Å². The number of rotatable bonds is 8. The molecule has 3 rings (SSSR count). The lowest BCUT2D eigenvalue weighted by Gasteiger charge is -2.20. The second kappa shape index (κ2) is 9.63. The zero-order chi connectivity index (χ0) is 21.0. The number of benzene rings is 1. The van der Waals surface area contributed by atoms with Crippen LogP contribution in [0.2, 0.25) is 5.02 Å². The number of hydrogen-bond donors (Lipinski definition) is 2. The molecule has 7 heteroatoms. The van der Waals surface area contributed by atoms with Gasteiger partial charge in [-0.1, -0.05) is 24.9 Å². The molecule has 1 aromatic carbocycles. The highest BCUT2D eigenvalue weighted by Crippen LogP contribution is 2.40. The van der Waals surface area contributed by atoms with Crippen LogP contribution < -0.4 is 15.8 Å². The number of nitrogens with one attached hydrogen (secondary N) is 1. The van der Waals surface area contributed by atoms with E-state index in [0.717, 1.165) is 42.6 Å². The summed E-state index contributed by atoms with van der Waals surface area (Å²) in [6, 6.07) is 5.46. The standard InChI is InChI=1S/C22H27ClN2O3S/c1-3-14-6-8-16-18(12-14)29-22(20(16)21(24)27)25-19(26)5-4-10-28-17-9-7-15(23)11-13(17)2/h7,9,11,14H,3-6,8,10,12H2,1-2H3,(H2,24,27)(H,25,26). The SMILES string of the molecule is CCC1CCc2c(sc(NC(=O)CCCOc3ccc(Cl)cc3C)c2C(N)=O)C1. The van der Waals surface area contributed by atoms with Crippen LogP contribution >= 0.6 is 22.9 Å². The van der Waals surface area contributed by atoms with E-state index in [4.69, 9.17) is 22.1 Å². The van der Waals surface area contributed by atoms with Gasteiger partial charge in [-0.25, -0.2) is 0 Å². The van der Waals surface area contributed by atoms with Gasteiger partial charge in [0.15, 0.2) is 0 Å². The number of halogens is 1. The number of primary amides is 1. The monoisotopic (exact) mass is 434 g/mol. The lowest BCUT2D eigenvalue weighted by molar-refractivity contribution is -0.116. The van der Waals surface area contributed by atoms with Gasteiger partial charge >= 0.3 is 0 Å². The third-order valence-corrected chi connectivity index (χ3v) is 6.79. The van der Waals surface area contributed by atoms with E-state index in [1.807, 2.05) is 19.1 Å². The van der Waals surface area contributed by atoms with Crippen LogP contribution in [0.15, 0.2) is 18.2 Å². The van der Waals surface area contributed by atoms with Crippen LogP contribution in [0.25, 0.3) is 0 Å². The lowest BCUT2D eigenvalue weighted by atomic mass is 9.85. The normalized spacial score (nSPS) is 15.6. The number of hydrogen-bond acceptors (Lipinski definition) is 4. The molecule has 0 radical (unpaired) electrons. The van der Waals surface area contributed by atoms with Gasteiger partial charge in [-0.2, -0.15) is 0 Å². The lowest BCUT2D eigenvalue weighted by Crippen LogP contribution is -2.20. The third kappa shape index (κ3) is 5.31. The van der Waals surface area contributed by atoms with Crippen molar-refractivity contribution in [2.24, 2.45) is 11.7 Å². The van der Waals surface area contributed by atoms with Gasteiger partial charge < -0.3 is 15.8 Å². The minimum absolute atomic E-state index is 0.130. The zero-order valence-corrected chi connectivity index (χ0v) is 18.4. The fourth-order valence-electron chi connectivity index (χ4n) is 3.73.